The van der Waals surface area contributed by atoms with E-state index < -0.39 is 11.9 Å². The van der Waals surface area contributed by atoms with Gasteiger partial charge in [-0.15, -0.1) is 0 Å². The number of nitrogens with one attached hydrogen (secondary N) is 1. The predicted molar refractivity (Wildman–Crippen MR) is 121 cm³/mol. The van der Waals surface area contributed by atoms with Crippen molar-refractivity contribution < 1.29 is 19.1 Å². The lowest BCUT2D eigenvalue weighted by Crippen LogP contribution is -2.08. The Kier molecular flexibility index (Phi) is 7.46. The van der Waals surface area contributed by atoms with Gasteiger partial charge in [-0.2, -0.15) is 0 Å². The van der Waals surface area contributed by atoms with Crippen molar-refractivity contribution in [3.8, 4) is 0 Å². The maximum atomic E-state index is 13.1. The lowest BCUT2D eigenvalue weighted by atomic mass is 10.1. The smallest absolute Gasteiger partial charge is 0.335 e. The highest BCUT2D eigenvalue weighted by molar-refractivity contribution is 7.99. The first kappa shape index (κ1) is 22.6. The molecule has 1 amide bonds. The molecule has 0 saturated heterocycles. The summed E-state index contributed by atoms with van der Waals surface area (Å²) in [6.45, 7) is 0.260. The van der Waals surface area contributed by atoms with Gasteiger partial charge in [-0.05, 0) is 71.8 Å². The van der Waals surface area contributed by atoms with Crippen molar-refractivity contribution in [1.29, 1.82) is 0 Å². The number of carbonyl (C=O) groups excluding carboxylic acids is 1. The van der Waals surface area contributed by atoms with Crippen LogP contribution in [0.3, 0.4) is 0 Å². The van der Waals surface area contributed by atoms with E-state index in [1.54, 1.807) is 42.5 Å². The molecule has 0 aliphatic heterocycles. The van der Waals surface area contributed by atoms with E-state index in [0.29, 0.717) is 16.3 Å². The topological polar surface area (TPSA) is 92.4 Å². The highest BCUT2D eigenvalue weighted by Crippen LogP contribution is 2.34. The summed E-state index contributed by atoms with van der Waals surface area (Å²) in [6.07, 6.45) is 2.87. The molecule has 4 N–H and O–H groups in total. The summed E-state index contributed by atoms with van der Waals surface area (Å²) in [7, 11) is 0. The number of hydrogen-bond donors (Lipinski definition) is 3. The fraction of sp³-hybridized carbons (Fsp3) is 0.0435. The minimum Gasteiger partial charge on any atom is -0.478 e. The summed E-state index contributed by atoms with van der Waals surface area (Å²) < 4.78 is 13.1. The highest BCUT2D eigenvalue weighted by Gasteiger charge is 2.09. The number of carboxylic acids is 1. The van der Waals surface area contributed by atoms with Crippen molar-refractivity contribution in [3.63, 3.8) is 0 Å². The summed E-state index contributed by atoms with van der Waals surface area (Å²) in [5, 5.41) is 12.1. The minimum absolute atomic E-state index is 0.0756. The maximum absolute atomic E-state index is 13.1. The van der Waals surface area contributed by atoms with E-state index in [-0.39, 0.29) is 17.9 Å². The standard InChI is InChI=1S/C23H18ClFN2O3S/c24-20-12-21(31-19-7-5-17(25)6-8-19)16(13-26)10-14(20)4-9-22(28)27-18-3-1-2-15(11-18)23(29)30/h1-12H,13,26H2,(H,27,28)(H,29,30)/b9-4+. The summed E-state index contributed by atoms with van der Waals surface area (Å²) in [4.78, 5) is 24.9. The average molecular weight is 457 g/mol. The van der Waals surface area contributed by atoms with Crippen LogP contribution in [0.2, 0.25) is 5.02 Å². The molecule has 0 unspecified atom stereocenters. The lowest BCUT2D eigenvalue weighted by molar-refractivity contribution is -0.111. The predicted octanol–water partition coefficient (Wildman–Crippen LogP) is 5.44. The molecule has 31 heavy (non-hydrogen) atoms. The minimum atomic E-state index is -1.08. The first-order chi connectivity index (χ1) is 14.9. The van der Waals surface area contributed by atoms with Crippen LogP contribution in [0.25, 0.3) is 6.08 Å². The fourth-order valence-electron chi connectivity index (χ4n) is 2.71. The van der Waals surface area contributed by atoms with Crippen LogP contribution in [0.4, 0.5) is 10.1 Å². The second-order valence-corrected chi connectivity index (χ2v) is 7.97. The Bertz CT molecular complexity index is 1150. The molecule has 3 aromatic rings. The Morgan fingerprint density at radius 1 is 1.13 bits per heavy atom. The second-order valence-electron chi connectivity index (χ2n) is 6.45. The van der Waals surface area contributed by atoms with Gasteiger partial charge in [0.05, 0.1) is 5.56 Å². The number of benzene rings is 3. The van der Waals surface area contributed by atoms with Crippen LogP contribution in [0.1, 0.15) is 21.5 Å². The Labute approximate surface area is 187 Å². The van der Waals surface area contributed by atoms with Gasteiger partial charge in [-0.25, -0.2) is 9.18 Å². The number of carbonyl (C=O) groups is 2. The van der Waals surface area contributed by atoms with E-state index in [9.17, 15) is 14.0 Å². The van der Waals surface area contributed by atoms with E-state index in [1.165, 1.54) is 42.1 Å². The highest BCUT2D eigenvalue weighted by atomic mass is 35.5. The van der Waals surface area contributed by atoms with Crippen molar-refractivity contribution in [2.24, 2.45) is 5.73 Å². The fourth-order valence-corrected chi connectivity index (χ4v) is 3.98. The molecule has 0 fully saturated rings. The van der Waals surface area contributed by atoms with Crippen LogP contribution < -0.4 is 11.1 Å². The van der Waals surface area contributed by atoms with Gasteiger partial charge in [0.2, 0.25) is 5.91 Å². The van der Waals surface area contributed by atoms with Crippen LogP contribution in [-0.4, -0.2) is 17.0 Å². The number of rotatable bonds is 7. The van der Waals surface area contributed by atoms with Crippen LogP contribution in [0.15, 0.2) is 76.5 Å². The summed E-state index contributed by atoms with van der Waals surface area (Å²) >= 11 is 7.80. The summed E-state index contributed by atoms with van der Waals surface area (Å²) in [6, 6.07) is 15.6. The molecular formula is C23H18ClFN2O3S. The third kappa shape index (κ3) is 6.18. The number of anilines is 1. The molecule has 3 rings (SSSR count). The average Bonchev–Trinajstić information content (AvgIpc) is 2.75. The van der Waals surface area contributed by atoms with Gasteiger partial charge in [-0.1, -0.05) is 29.4 Å². The first-order valence-electron chi connectivity index (χ1n) is 9.14. The SMILES string of the molecule is NCc1cc(/C=C/C(=O)Nc2cccc(C(=O)O)c2)c(Cl)cc1Sc1ccc(F)cc1. The van der Waals surface area contributed by atoms with Gasteiger partial charge in [-0.3, -0.25) is 4.79 Å². The molecule has 158 valence electrons. The zero-order valence-corrected chi connectivity index (χ0v) is 17.7. The Hall–Kier alpha value is -3.13. The molecule has 0 saturated carbocycles. The Balaban J connectivity index is 1.75. The third-order valence-corrected chi connectivity index (χ3v) is 5.67. The van der Waals surface area contributed by atoms with Gasteiger partial charge in [0.25, 0.3) is 0 Å². The Morgan fingerprint density at radius 2 is 1.87 bits per heavy atom. The molecule has 0 atom stereocenters. The largest absolute Gasteiger partial charge is 0.478 e. The molecule has 0 radical (unpaired) electrons. The molecule has 0 bridgehead atoms. The monoisotopic (exact) mass is 456 g/mol. The van der Waals surface area contributed by atoms with Gasteiger partial charge in [0.1, 0.15) is 5.82 Å². The van der Waals surface area contributed by atoms with E-state index in [4.69, 9.17) is 22.4 Å². The van der Waals surface area contributed by atoms with Gasteiger partial charge in [0, 0.05) is 33.1 Å². The van der Waals surface area contributed by atoms with Gasteiger partial charge >= 0.3 is 5.97 Å². The molecular weight excluding hydrogens is 439 g/mol. The lowest BCUT2D eigenvalue weighted by Gasteiger charge is -2.11. The molecule has 0 heterocycles. The van der Waals surface area contributed by atoms with E-state index in [1.807, 2.05) is 0 Å². The van der Waals surface area contributed by atoms with Crippen LogP contribution >= 0.6 is 23.4 Å². The molecule has 3 aromatic carbocycles. The normalized spacial score (nSPS) is 10.9. The van der Waals surface area contributed by atoms with Gasteiger partial charge < -0.3 is 16.2 Å². The molecule has 0 aromatic heterocycles. The van der Waals surface area contributed by atoms with Crippen molar-refractivity contribution in [2.45, 2.75) is 16.3 Å². The van der Waals surface area contributed by atoms with E-state index >= 15 is 0 Å². The number of halogens is 2. The third-order valence-electron chi connectivity index (χ3n) is 4.23. The van der Waals surface area contributed by atoms with Crippen molar-refractivity contribution >= 4 is 47.0 Å². The zero-order valence-electron chi connectivity index (χ0n) is 16.1. The van der Waals surface area contributed by atoms with Crippen molar-refractivity contribution in [3.05, 3.63) is 94.3 Å². The van der Waals surface area contributed by atoms with Crippen molar-refractivity contribution in [2.75, 3.05) is 5.32 Å². The molecule has 0 aliphatic rings. The zero-order chi connectivity index (χ0) is 22.4. The summed E-state index contributed by atoms with van der Waals surface area (Å²) in [5.41, 5.74) is 7.76. The quantitative estimate of drug-likeness (QED) is 0.412. The molecule has 8 heteroatoms. The summed E-state index contributed by atoms with van der Waals surface area (Å²) in [5.74, 6) is -1.82. The van der Waals surface area contributed by atoms with Crippen LogP contribution in [0.5, 0.6) is 0 Å². The molecule has 0 aliphatic carbocycles. The molecule has 5 nitrogen and oxygen atoms in total. The molecule has 0 spiro atoms. The number of nitrogens with two attached hydrogens (primary N) is 1. The number of hydrogen-bond acceptors (Lipinski definition) is 4. The second kappa shape index (κ2) is 10.3. The first-order valence-corrected chi connectivity index (χ1v) is 10.3. The van der Waals surface area contributed by atoms with Crippen LogP contribution in [-0.2, 0) is 11.3 Å². The van der Waals surface area contributed by atoms with E-state index in [2.05, 4.69) is 5.32 Å². The maximum Gasteiger partial charge on any atom is 0.335 e. The van der Waals surface area contributed by atoms with Crippen molar-refractivity contribution in [1.82, 2.24) is 0 Å². The number of amides is 1. The van der Waals surface area contributed by atoms with E-state index in [0.717, 1.165) is 15.4 Å². The number of aromatic carboxylic acids is 1. The van der Waals surface area contributed by atoms with Crippen LogP contribution in [0, 0.1) is 5.82 Å². The van der Waals surface area contributed by atoms with Gasteiger partial charge in [0.15, 0.2) is 0 Å². The number of carboxylic acid groups (broad SMARTS) is 1. The Morgan fingerprint density at radius 3 is 2.55 bits per heavy atom.